The first-order valence-corrected chi connectivity index (χ1v) is 6.35. The molecule has 1 unspecified atom stereocenters. The Morgan fingerprint density at radius 1 is 1.35 bits per heavy atom. The van der Waals surface area contributed by atoms with Gasteiger partial charge in [-0.05, 0) is 40.1 Å². The van der Waals surface area contributed by atoms with Crippen LogP contribution in [-0.2, 0) is 6.54 Å². The number of rotatable bonds is 5. The summed E-state index contributed by atoms with van der Waals surface area (Å²) in [7, 11) is 0. The average molecular weight is 251 g/mol. The topological polar surface area (TPSA) is 32.3 Å². The second kappa shape index (κ2) is 5.91. The first-order valence-electron chi connectivity index (χ1n) is 5.41. The van der Waals surface area contributed by atoms with Crippen LogP contribution in [0.4, 0.5) is 4.39 Å². The lowest BCUT2D eigenvalue weighted by Gasteiger charge is -2.10. The van der Waals surface area contributed by atoms with E-state index in [1.165, 1.54) is 12.1 Å². The highest BCUT2D eigenvalue weighted by Crippen LogP contribution is 2.15. The van der Waals surface area contributed by atoms with Crippen LogP contribution in [0.2, 0.25) is 0 Å². The summed E-state index contributed by atoms with van der Waals surface area (Å²) in [5, 5.41) is 16.8. The lowest BCUT2D eigenvalue weighted by Crippen LogP contribution is -2.20. The smallest absolute Gasteiger partial charge is 0.123 e. The van der Waals surface area contributed by atoms with Crippen LogP contribution in [0.15, 0.2) is 41.1 Å². The van der Waals surface area contributed by atoms with Crippen LogP contribution in [0.3, 0.4) is 0 Å². The fraction of sp³-hybridized carbons (Fsp3) is 0.231. The van der Waals surface area contributed by atoms with E-state index in [4.69, 9.17) is 0 Å². The lowest BCUT2D eigenvalue weighted by atomic mass is 10.2. The Bertz CT molecular complexity index is 458. The molecule has 2 aromatic rings. The summed E-state index contributed by atoms with van der Waals surface area (Å²) in [4.78, 5) is 0. The summed E-state index contributed by atoms with van der Waals surface area (Å²) < 4.78 is 12.9. The highest BCUT2D eigenvalue weighted by atomic mass is 32.1. The van der Waals surface area contributed by atoms with Crippen molar-refractivity contribution < 1.29 is 9.50 Å². The van der Waals surface area contributed by atoms with Gasteiger partial charge in [0.1, 0.15) is 5.82 Å². The van der Waals surface area contributed by atoms with Gasteiger partial charge in [0.25, 0.3) is 0 Å². The Morgan fingerprint density at radius 2 is 2.24 bits per heavy atom. The zero-order valence-corrected chi connectivity index (χ0v) is 10.1. The van der Waals surface area contributed by atoms with E-state index in [1.54, 1.807) is 17.4 Å². The molecule has 0 aliphatic carbocycles. The van der Waals surface area contributed by atoms with E-state index in [9.17, 15) is 9.50 Å². The van der Waals surface area contributed by atoms with Crippen molar-refractivity contribution in [1.82, 2.24) is 5.32 Å². The quantitative estimate of drug-likeness (QED) is 0.856. The van der Waals surface area contributed by atoms with E-state index in [0.717, 1.165) is 11.1 Å². The van der Waals surface area contributed by atoms with Gasteiger partial charge < -0.3 is 10.4 Å². The second-order valence-corrected chi connectivity index (χ2v) is 4.61. The van der Waals surface area contributed by atoms with Crippen molar-refractivity contribution in [2.75, 3.05) is 6.54 Å². The van der Waals surface area contributed by atoms with Gasteiger partial charge in [0.15, 0.2) is 0 Å². The lowest BCUT2D eigenvalue weighted by molar-refractivity contribution is 0.175. The van der Waals surface area contributed by atoms with E-state index < -0.39 is 6.10 Å². The van der Waals surface area contributed by atoms with Crippen LogP contribution >= 0.6 is 11.3 Å². The van der Waals surface area contributed by atoms with Crippen LogP contribution < -0.4 is 5.32 Å². The van der Waals surface area contributed by atoms with Gasteiger partial charge in [-0.2, -0.15) is 11.3 Å². The Kier molecular flexibility index (Phi) is 4.25. The number of thiophene rings is 1. The number of hydrogen-bond donors (Lipinski definition) is 2. The summed E-state index contributed by atoms with van der Waals surface area (Å²) in [5.74, 6) is -0.234. The molecule has 0 amide bonds. The van der Waals surface area contributed by atoms with Crippen LogP contribution in [0.1, 0.15) is 17.2 Å². The maximum Gasteiger partial charge on any atom is 0.123 e. The third kappa shape index (κ3) is 3.63. The number of aliphatic hydroxyl groups excluding tert-OH is 1. The van der Waals surface area contributed by atoms with Gasteiger partial charge in [0.05, 0.1) is 6.10 Å². The van der Waals surface area contributed by atoms with Crippen molar-refractivity contribution in [1.29, 1.82) is 0 Å². The summed E-state index contributed by atoms with van der Waals surface area (Å²) in [6.07, 6.45) is -0.505. The molecular weight excluding hydrogens is 237 g/mol. The molecule has 0 bridgehead atoms. The summed E-state index contributed by atoms with van der Waals surface area (Å²) >= 11 is 1.56. The molecule has 0 radical (unpaired) electrons. The van der Waals surface area contributed by atoms with Gasteiger partial charge in [-0.1, -0.05) is 12.1 Å². The predicted octanol–water partition coefficient (Wildman–Crippen LogP) is 2.71. The summed E-state index contributed by atoms with van der Waals surface area (Å²) in [6, 6.07) is 8.35. The van der Waals surface area contributed by atoms with E-state index in [0.29, 0.717) is 13.1 Å². The van der Waals surface area contributed by atoms with E-state index in [2.05, 4.69) is 5.32 Å². The zero-order chi connectivity index (χ0) is 12.1. The molecule has 2 nitrogen and oxygen atoms in total. The Labute approximate surface area is 104 Å². The highest BCUT2D eigenvalue weighted by molar-refractivity contribution is 7.07. The van der Waals surface area contributed by atoms with Crippen LogP contribution in [0.25, 0.3) is 0 Å². The maximum absolute atomic E-state index is 12.9. The highest BCUT2D eigenvalue weighted by Gasteiger charge is 2.06. The molecule has 0 aliphatic heterocycles. The zero-order valence-electron chi connectivity index (χ0n) is 9.27. The van der Waals surface area contributed by atoms with Crippen molar-refractivity contribution in [3.8, 4) is 0 Å². The van der Waals surface area contributed by atoms with E-state index in [1.807, 2.05) is 22.9 Å². The van der Waals surface area contributed by atoms with Crippen molar-refractivity contribution >= 4 is 11.3 Å². The molecule has 0 saturated heterocycles. The van der Waals surface area contributed by atoms with E-state index >= 15 is 0 Å². The Hall–Kier alpha value is -1.23. The molecule has 1 heterocycles. The van der Waals surface area contributed by atoms with Gasteiger partial charge in [-0.15, -0.1) is 0 Å². The van der Waals surface area contributed by atoms with Crippen molar-refractivity contribution in [2.45, 2.75) is 12.6 Å². The number of nitrogens with one attached hydrogen (secondary N) is 1. The molecule has 17 heavy (non-hydrogen) atoms. The molecule has 1 aromatic heterocycles. The third-order valence-electron chi connectivity index (χ3n) is 2.48. The van der Waals surface area contributed by atoms with Gasteiger partial charge in [0, 0.05) is 13.1 Å². The Balaban J connectivity index is 1.80. The monoisotopic (exact) mass is 251 g/mol. The van der Waals surface area contributed by atoms with Crippen molar-refractivity contribution in [3.63, 3.8) is 0 Å². The molecule has 1 aromatic carbocycles. The minimum absolute atomic E-state index is 0.234. The summed E-state index contributed by atoms with van der Waals surface area (Å²) in [6.45, 7) is 1.02. The van der Waals surface area contributed by atoms with Gasteiger partial charge in [-0.25, -0.2) is 4.39 Å². The number of hydrogen-bond acceptors (Lipinski definition) is 3. The normalized spacial score (nSPS) is 12.6. The predicted molar refractivity (Wildman–Crippen MR) is 67.4 cm³/mol. The fourth-order valence-electron chi connectivity index (χ4n) is 1.58. The van der Waals surface area contributed by atoms with Crippen LogP contribution in [0.5, 0.6) is 0 Å². The molecule has 0 saturated carbocycles. The van der Waals surface area contributed by atoms with Crippen LogP contribution in [-0.4, -0.2) is 11.7 Å². The molecule has 2 rings (SSSR count). The largest absolute Gasteiger partial charge is 0.387 e. The standard InChI is InChI=1S/C13H14FNOS/c14-12-3-1-2-10(6-12)7-15-8-13(16)11-4-5-17-9-11/h1-6,9,13,15-16H,7-8H2. The minimum atomic E-state index is -0.505. The first-order chi connectivity index (χ1) is 8.25. The molecule has 2 N–H and O–H groups in total. The number of benzene rings is 1. The molecule has 0 fully saturated rings. The van der Waals surface area contributed by atoms with Gasteiger partial charge >= 0.3 is 0 Å². The SMILES string of the molecule is OC(CNCc1cccc(F)c1)c1ccsc1. The third-order valence-corrected chi connectivity index (χ3v) is 3.19. The average Bonchev–Trinajstić information content (AvgIpc) is 2.82. The molecule has 4 heteroatoms. The Morgan fingerprint density at radius 3 is 2.94 bits per heavy atom. The number of halogens is 1. The van der Waals surface area contributed by atoms with Gasteiger partial charge in [0.2, 0.25) is 0 Å². The fourth-order valence-corrected chi connectivity index (χ4v) is 2.29. The van der Waals surface area contributed by atoms with Crippen molar-refractivity contribution in [2.24, 2.45) is 0 Å². The molecule has 0 spiro atoms. The summed E-state index contributed by atoms with van der Waals surface area (Å²) in [5.41, 5.74) is 1.80. The van der Waals surface area contributed by atoms with Crippen LogP contribution in [0, 0.1) is 5.82 Å². The number of aliphatic hydroxyl groups is 1. The molecular formula is C13H14FNOS. The maximum atomic E-state index is 12.9. The van der Waals surface area contributed by atoms with Gasteiger partial charge in [-0.3, -0.25) is 0 Å². The minimum Gasteiger partial charge on any atom is -0.387 e. The van der Waals surface area contributed by atoms with Crippen molar-refractivity contribution in [3.05, 3.63) is 58.0 Å². The molecule has 90 valence electrons. The first kappa shape index (κ1) is 12.2. The van der Waals surface area contributed by atoms with E-state index in [-0.39, 0.29) is 5.82 Å². The molecule has 0 aliphatic rings. The second-order valence-electron chi connectivity index (χ2n) is 3.83. The molecule has 1 atom stereocenters.